The average molecular weight is 388 g/mol. The Labute approximate surface area is 167 Å². The quantitative estimate of drug-likeness (QED) is 0.627. The van der Waals surface area contributed by atoms with Crippen LogP contribution in [0.4, 0.5) is 0 Å². The summed E-state index contributed by atoms with van der Waals surface area (Å²) in [6.45, 7) is 2.40. The van der Waals surface area contributed by atoms with Gasteiger partial charge in [-0.3, -0.25) is 14.5 Å². The Morgan fingerprint density at radius 2 is 1.76 bits per heavy atom. The number of hydrogen-bond donors (Lipinski definition) is 1. The van der Waals surface area contributed by atoms with Gasteiger partial charge in [0, 0.05) is 12.0 Å². The molecule has 2 heterocycles. The van der Waals surface area contributed by atoms with Crippen LogP contribution in [-0.4, -0.2) is 43.2 Å². The molecule has 2 aromatic carbocycles. The molecule has 1 aromatic heterocycles. The molecule has 2 amide bonds. The van der Waals surface area contributed by atoms with E-state index in [2.05, 4.69) is 32.5 Å². The van der Waals surface area contributed by atoms with Crippen molar-refractivity contribution in [3.05, 3.63) is 54.1 Å². The lowest BCUT2D eigenvalue weighted by atomic mass is 9.98. The molecule has 8 heteroatoms. The highest BCUT2D eigenvalue weighted by Crippen LogP contribution is 2.30. The molecule has 0 spiro atoms. The lowest BCUT2D eigenvalue weighted by molar-refractivity contribution is -0.140. The van der Waals surface area contributed by atoms with E-state index in [-0.39, 0.29) is 0 Å². The second-order valence-electron chi connectivity index (χ2n) is 6.81. The molecule has 8 nitrogen and oxygen atoms in total. The first-order chi connectivity index (χ1) is 14.2. The van der Waals surface area contributed by atoms with E-state index < -0.39 is 11.8 Å². The fourth-order valence-corrected chi connectivity index (χ4v) is 3.32. The SMILES string of the molecule is CCCCC1=NC(=O)C(=O)N1Cc1ccc(-c2ccccc2-c2nn[nH]n2)cc1. The minimum absolute atomic E-state index is 0.333. The minimum Gasteiger partial charge on any atom is -0.287 e. The van der Waals surface area contributed by atoms with E-state index >= 15 is 0 Å². The van der Waals surface area contributed by atoms with Crippen LogP contribution in [0.25, 0.3) is 22.5 Å². The molecule has 0 bridgehead atoms. The minimum atomic E-state index is -0.679. The molecule has 0 unspecified atom stereocenters. The van der Waals surface area contributed by atoms with Gasteiger partial charge >= 0.3 is 11.8 Å². The number of unbranched alkanes of at least 4 members (excludes halogenated alkanes) is 1. The number of carbonyl (C=O) groups is 2. The van der Waals surface area contributed by atoms with E-state index in [9.17, 15) is 9.59 Å². The number of aliphatic imine (C=N–C) groups is 1. The molecule has 1 aliphatic heterocycles. The molecule has 1 N–H and O–H groups in total. The molecular formula is C21H20N6O2. The first kappa shape index (κ1) is 18.7. The van der Waals surface area contributed by atoms with Gasteiger partial charge in [0.25, 0.3) is 0 Å². The molecule has 0 radical (unpaired) electrons. The van der Waals surface area contributed by atoms with Crippen LogP contribution >= 0.6 is 0 Å². The number of hydrogen-bond acceptors (Lipinski definition) is 5. The van der Waals surface area contributed by atoms with Gasteiger partial charge in [0.1, 0.15) is 5.84 Å². The predicted octanol–water partition coefficient (Wildman–Crippen LogP) is 2.99. The zero-order valence-electron chi connectivity index (χ0n) is 16.0. The van der Waals surface area contributed by atoms with Crippen LogP contribution in [0.2, 0.25) is 0 Å². The molecule has 0 saturated heterocycles. The Balaban J connectivity index is 1.56. The average Bonchev–Trinajstić information content (AvgIpc) is 3.37. The highest BCUT2D eigenvalue weighted by atomic mass is 16.2. The summed E-state index contributed by atoms with van der Waals surface area (Å²) >= 11 is 0. The number of amidine groups is 1. The normalized spacial score (nSPS) is 13.8. The number of H-pyrrole nitrogens is 1. The third-order valence-corrected chi connectivity index (χ3v) is 4.84. The molecule has 3 aromatic rings. The molecule has 0 atom stereocenters. The van der Waals surface area contributed by atoms with Crippen molar-refractivity contribution in [2.45, 2.75) is 32.7 Å². The predicted molar refractivity (Wildman–Crippen MR) is 108 cm³/mol. The maximum atomic E-state index is 12.2. The van der Waals surface area contributed by atoms with Gasteiger partial charge in [-0.15, -0.1) is 10.2 Å². The van der Waals surface area contributed by atoms with Gasteiger partial charge in [0.15, 0.2) is 0 Å². The van der Waals surface area contributed by atoms with Crippen LogP contribution in [-0.2, 0) is 16.1 Å². The number of aromatic amines is 1. The third kappa shape index (κ3) is 3.82. The molecule has 0 fully saturated rings. The molecular weight excluding hydrogens is 368 g/mol. The first-order valence-corrected chi connectivity index (χ1v) is 9.53. The van der Waals surface area contributed by atoms with Crippen molar-refractivity contribution in [1.29, 1.82) is 0 Å². The van der Waals surface area contributed by atoms with E-state index in [1.54, 1.807) is 0 Å². The van der Waals surface area contributed by atoms with Crippen molar-refractivity contribution in [2.75, 3.05) is 0 Å². The fraction of sp³-hybridized carbons (Fsp3) is 0.238. The summed E-state index contributed by atoms with van der Waals surface area (Å²) in [5.74, 6) is -0.139. The van der Waals surface area contributed by atoms with Crippen LogP contribution in [0.5, 0.6) is 0 Å². The van der Waals surface area contributed by atoms with Crippen LogP contribution in [0, 0.1) is 0 Å². The Morgan fingerprint density at radius 3 is 2.45 bits per heavy atom. The van der Waals surface area contributed by atoms with Gasteiger partial charge in [-0.2, -0.15) is 10.2 Å². The Kier molecular flexibility index (Phi) is 5.24. The standard InChI is InChI=1S/C21H20N6O2/c1-2-3-8-18-22-20(28)21(29)27(18)13-14-9-11-15(12-10-14)16-6-4-5-7-17(16)19-23-25-26-24-19/h4-7,9-12H,2-3,8,13H2,1H3,(H,23,24,25,26). The number of carbonyl (C=O) groups excluding carboxylic acids is 2. The van der Waals surface area contributed by atoms with Crippen molar-refractivity contribution in [3.8, 4) is 22.5 Å². The van der Waals surface area contributed by atoms with Gasteiger partial charge in [-0.1, -0.05) is 61.9 Å². The second kappa shape index (κ2) is 8.14. The topological polar surface area (TPSA) is 104 Å². The fourth-order valence-electron chi connectivity index (χ4n) is 3.32. The highest BCUT2D eigenvalue weighted by Gasteiger charge is 2.32. The summed E-state index contributed by atoms with van der Waals surface area (Å²) < 4.78 is 0. The third-order valence-electron chi connectivity index (χ3n) is 4.84. The lowest BCUT2D eigenvalue weighted by Crippen LogP contribution is -2.33. The van der Waals surface area contributed by atoms with E-state index in [1.165, 1.54) is 4.90 Å². The Bertz CT molecular complexity index is 1060. The number of amides is 2. The van der Waals surface area contributed by atoms with E-state index in [4.69, 9.17) is 0 Å². The zero-order chi connectivity index (χ0) is 20.2. The molecule has 146 valence electrons. The van der Waals surface area contributed by atoms with Crippen molar-refractivity contribution in [2.24, 2.45) is 4.99 Å². The van der Waals surface area contributed by atoms with Crippen LogP contribution in [0.15, 0.2) is 53.5 Å². The number of benzene rings is 2. The lowest BCUT2D eigenvalue weighted by Gasteiger charge is -2.18. The van der Waals surface area contributed by atoms with Crippen LogP contribution in [0.3, 0.4) is 0 Å². The number of tetrazole rings is 1. The zero-order valence-corrected chi connectivity index (χ0v) is 16.0. The largest absolute Gasteiger partial charge is 0.337 e. The molecule has 0 saturated carbocycles. The second-order valence-corrected chi connectivity index (χ2v) is 6.81. The smallest absolute Gasteiger partial charge is 0.287 e. The number of rotatable bonds is 7. The number of nitrogens with one attached hydrogen (secondary N) is 1. The van der Waals surface area contributed by atoms with Gasteiger partial charge in [-0.05, 0) is 28.3 Å². The Morgan fingerprint density at radius 1 is 1.00 bits per heavy atom. The number of nitrogens with zero attached hydrogens (tertiary/aromatic N) is 5. The van der Waals surface area contributed by atoms with E-state index in [1.807, 2.05) is 48.5 Å². The van der Waals surface area contributed by atoms with Gasteiger partial charge in [0.2, 0.25) is 5.82 Å². The first-order valence-electron chi connectivity index (χ1n) is 9.53. The summed E-state index contributed by atoms with van der Waals surface area (Å²) in [5.41, 5.74) is 3.79. The number of aromatic nitrogens is 4. The maximum Gasteiger partial charge on any atom is 0.337 e. The van der Waals surface area contributed by atoms with E-state index in [0.717, 1.165) is 35.1 Å². The molecule has 29 heavy (non-hydrogen) atoms. The Hall–Kier alpha value is -3.68. The summed E-state index contributed by atoms with van der Waals surface area (Å²) in [6, 6.07) is 15.7. The van der Waals surface area contributed by atoms with E-state index in [0.29, 0.717) is 24.6 Å². The van der Waals surface area contributed by atoms with Crippen LogP contribution in [0.1, 0.15) is 31.7 Å². The van der Waals surface area contributed by atoms with Crippen LogP contribution < -0.4 is 0 Å². The summed E-state index contributed by atoms with van der Waals surface area (Å²) in [6.07, 6.45) is 2.50. The molecule has 0 aliphatic carbocycles. The summed E-state index contributed by atoms with van der Waals surface area (Å²) in [4.78, 5) is 29.3. The van der Waals surface area contributed by atoms with Crippen molar-refractivity contribution >= 4 is 17.6 Å². The molecule has 1 aliphatic rings. The van der Waals surface area contributed by atoms with Gasteiger partial charge in [0.05, 0.1) is 6.54 Å². The van der Waals surface area contributed by atoms with Crippen molar-refractivity contribution in [1.82, 2.24) is 25.5 Å². The van der Waals surface area contributed by atoms with Crippen molar-refractivity contribution < 1.29 is 9.59 Å². The van der Waals surface area contributed by atoms with Gasteiger partial charge in [-0.25, -0.2) is 0 Å². The molecule has 4 rings (SSSR count). The van der Waals surface area contributed by atoms with Crippen molar-refractivity contribution in [3.63, 3.8) is 0 Å². The summed E-state index contributed by atoms with van der Waals surface area (Å²) in [7, 11) is 0. The summed E-state index contributed by atoms with van der Waals surface area (Å²) in [5, 5.41) is 14.3. The highest BCUT2D eigenvalue weighted by molar-refractivity contribution is 6.43. The monoisotopic (exact) mass is 388 g/mol. The van der Waals surface area contributed by atoms with Gasteiger partial charge < -0.3 is 0 Å². The maximum absolute atomic E-state index is 12.2.